The maximum atomic E-state index is 11.1. The fraction of sp³-hybridized carbons (Fsp3) is 0.438. The average Bonchev–Trinajstić information content (AvgIpc) is 2.52. The number of nitrogens with zero attached hydrogens (tertiary/aromatic N) is 2. The van der Waals surface area contributed by atoms with Crippen molar-refractivity contribution in [1.29, 1.82) is 0 Å². The maximum Gasteiger partial charge on any atom is 0.264 e. The Morgan fingerprint density at radius 3 is 2.68 bits per heavy atom. The van der Waals surface area contributed by atoms with Gasteiger partial charge in [0, 0.05) is 30.4 Å². The fourth-order valence-electron chi connectivity index (χ4n) is 2.92. The van der Waals surface area contributed by atoms with Crippen LogP contribution >= 0.6 is 0 Å². The van der Waals surface area contributed by atoms with Crippen molar-refractivity contribution in [3.05, 3.63) is 36.5 Å². The third kappa shape index (κ3) is 3.56. The average molecular weight is 320 g/mol. The largest absolute Gasteiger partial charge is 0.371 e. The SMILES string of the molecule is CS(=O)(=O)OCC1CCN(c2ccnc3ccccc23)CC1. The molecule has 2 heterocycles. The lowest BCUT2D eigenvalue weighted by Crippen LogP contribution is -2.35. The molecule has 22 heavy (non-hydrogen) atoms. The van der Waals surface area contributed by atoms with Gasteiger partial charge < -0.3 is 4.90 Å². The van der Waals surface area contributed by atoms with Crippen LogP contribution in [0.25, 0.3) is 10.9 Å². The molecule has 0 atom stereocenters. The Kier molecular flexibility index (Phi) is 4.31. The number of aromatic nitrogens is 1. The van der Waals surface area contributed by atoms with Crippen molar-refractivity contribution in [2.45, 2.75) is 12.8 Å². The summed E-state index contributed by atoms with van der Waals surface area (Å²) in [5.74, 6) is 0.305. The van der Waals surface area contributed by atoms with Crippen LogP contribution in [0.1, 0.15) is 12.8 Å². The summed E-state index contributed by atoms with van der Waals surface area (Å²) in [7, 11) is -3.34. The van der Waals surface area contributed by atoms with E-state index in [2.05, 4.69) is 22.0 Å². The second kappa shape index (κ2) is 6.22. The lowest BCUT2D eigenvalue weighted by molar-refractivity contribution is 0.230. The molecule has 0 saturated carbocycles. The van der Waals surface area contributed by atoms with E-state index in [0.29, 0.717) is 12.5 Å². The predicted molar refractivity (Wildman–Crippen MR) is 87.5 cm³/mol. The van der Waals surface area contributed by atoms with Crippen molar-refractivity contribution in [2.75, 3.05) is 30.9 Å². The van der Waals surface area contributed by atoms with Gasteiger partial charge in [0.2, 0.25) is 0 Å². The van der Waals surface area contributed by atoms with E-state index in [4.69, 9.17) is 4.18 Å². The summed E-state index contributed by atoms with van der Waals surface area (Å²) >= 11 is 0. The molecule has 1 aromatic heterocycles. The van der Waals surface area contributed by atoms with Crippen molar-refractivity contribution >= 4 is 26.7 Å². The molecule has 2 aromatic rings. The van der Waals surface area contributed by atoms with Crippen LogP contribution in [0.5, 0.6) is 0 Å². The number of hydrogen-bond donors (Lipinski definition) is 0. The Morgan fingerprint density at radius 1 is 1.23 bits per heavy atom. The topological polar surface area (TPSA) is 59.5 Å². The molecule has 0 bridgehead atoms. The monoisotopic (exact) mass is 320 g/mol. The van der Waals surface area contributed by atoms with Crippen molar-refractivity contribution < 1.29 is 12.6 Å². The molecular weight excluding hydrogens is 300 g/mol. The number of para-hydroxylation sites is 1. The van der Waals surface area contributed by atoms with E-state index in [1.807, 2.05) is 24.4 Å². The van der Waals surface area contributed by atoms with Crippen molar-refractivity contribution in [3.8, 4) is 0 Å². The highest BCUT2D eigenvalue weighted by Crippen LogP contribution is 2.29. The van der Waals surface area contributed by atoms with Crippen molar-refractivity contribution in [1.82, 2.24) is 4.98 Å². The summed E-state index contributed by atoms with van der Waals surface area (Å²) in [5.41, 5.74) is 2.20. The van der Waals surface area contributed by atoms with E-state index in [9.17, 15) is 8.42 Å². The highest BCUT2D eigenvalue weighted by atomic mass is 32.2. The molecule has 5 nitrogen and oxygen atoms in total. The lowest BCUT2D eigenvalue weighted by atomic mass is 9.97. The molecule has 6 heteroatoms. The summed E-state index contributed by atoms with van der Waals surface area (Å²) in [6.07, 6.45) is 4.82. The zero-order chi connectivity index (χ0) is 15.6. The first-order chi connectivity index (χ1) is 10.5. The van der Waals surface area contributed by atoms with Gasteiger partial charge in [0.1, 0.15) is 0 Å². The predicted octanol–water partition coefficient (Wildman–Crippen LogP) is 2.43. The molecule has 0 spiro atoms. The van der Waals surface area contributed by atoms with Crippen molar-refractivity contribution in [2.24, 2.45) is 5.92 Å². The van der Waals surface area contributed by atoms with Gasteiger partial charge in [0.15, 0.2) is 0 Å². The second-order valence-electron chi connectivity index (χ2n) is 5.77. The number of fused-ring (bicyclic) bond motifs is 1. The van der Waals surface area contributed by atoms with Crippen LogP contribution in [-0.4, -0.2) is 39.4 Å². The highest BCUT2D eigenvalue weighted by Gasteiger charge is 2.22. The molecule has 1 aliphatic heterocycles. The Morgan fingerprint density at radius 2 is 1.95 bits per heavy atom. The van der Waals surface area contributed by atoms with Gasteiger partial charge in [-0.3, -0.25) is 9.17 Å². The first kappa shape index (κ1) is 15.2. The van der Waals surface area contributed by atoms with Gasteiger partial charge in [-0.1, -0.05) is 18.2 Å². The zero-order valence-corrected chi connectivity index (χ0v) is 13.4. The normalized spacial score (nSPS) is 17.0. The zero-order valence-electron chi connectivity index (χ0n) is 12.6. The van der Waals surface area contributed by atoms with E-state index >= 15 is 0 Å². The van der Waals surface area contributed by atoms with Crippen LogP contribution in [0.3, 0.4) is 0 Å². The first-order valence-electron chi connectivity index (χ1n) is 7.46. The number of pyridine rings is 1. The molecule has 1 saturated heterocycles. The summed E-state index contributed by atoms with van der Waals surface area (Å²) in [6, 6.07) is 10.2. The number of hydrogen-bond acceptors (Lipinski definition) is 5. The van der Waals surface area contributed by atoms with Gasteiger partial charge in [-0.2, -0.15) is 8.42 Å². The fourth-order valence-corrected chi connectivity index (χ4v) is 3.36. The molecule has 0 aliphatic carbocycles. The Labute approximate surface area is 131 Å². The Hall–Kier alpha value is -1.66. The van der Waals surface area contributed by atoms with E-state index in [-0.39, 0.29) is 0 Å². The molecule has 3 rings (SSSR count). The lowest BCUT2D eigenvalue weighted by Gasteiger charge is -2.33. The molecule has 0 N–H and O–H groups in total. The number of anilines is 1. The summed E-state index contributed by atoms with van der Waals surface area (Å²) in [4.78, 5) is 6.74. The molecule has 118 valence electrons. The molecule has 0 unspecified atom stereocenters. The van der Waals surface area contributed by atoms with E-state index < -0.39 is 10.1 Å². The third-order valence-electron chi connectivity index (χ3n) is 4.10. The minimum Gasteiger partial charge on any atom is -0.371 e. The van der Waals surface area contributed by atoms with Gasteiger partial charge in [0.25, 0.3) is 10.1 Å². The van der Waals surface area contributed by atoms with Crippen LogP contribution in [0.2, 0.25) is 0 Å². The van der Waals surface area contributed by atoms with Crippen molar-refractivity contribution in [3.63, 3.8) is 0 Å². The van der Waals surface area contributed by atoms with Crippen LogP contribution < -0.4 is 4.90 Å². The molecule has 0 amide bonds. The number of benzene rings is 1. The molecule has 1 fully saturated rings. The van der Waals surface area contributed by atoms with E-state index in [1.54, 1.807) is 0 Å². The maximum absolute atomic E-state index is 11.1. The molecule has 1 aliphatic rings. The smallest absolute Gasteiger partial charge is 0.264 e. The quantitative estimate of drug-likeness (QED) is 0.810. The second-order valence-corrected chi connectivity index (χ2v) is 7.41. The number of rotatable bonds is 4. The minimum absolute atomic E-state index is 0.295. The van der Waals surface area contributed by atoms with Gasteiger partial charge >= 0.3 is 0 Å². The van der Waals surface area contributed by atoms with Gasteiger partial charge in [0.05, 0.1) is 18.4 Å². The van der Waals surface area contributed by atoms with Gasteiger partial charge in [-0.15, -0.1) is 0 Å². The Bertz CT molecular complexity index is 748. The van der Waals surface area contributed by atoms with E-state index in [1.165, 1.54) is 5.69 Å². The first-order valence-corrected chi connectivity index (χ1v) is 9.28. The summed E-state index contributed by atoms with van der Waals surface area (Å²) < 4.78 is 27.1. The molecule has 0 radical (unpaired) electrons. The van der Waals surface area contributed by atoms with Gasteiger partial charge in [-0.05, 0) is 30.9 Å². The van der Waals surface area contributed by atoms with Crippen LogP contribution in [-0.2, 0) is 14.3 Å². The summed E-state index contributed by atoms with van der Waals surface area (Å²) in [6.45, 7) is 2.11. The standard InChI is InChI=1S/C16H20N2O3S/c1-22(19,20)21-12-13-7-10-18(11-8-13)16-6-9-17-15-5-3-2-4-14(15)16/h2-6,9,13H,7-8,10-12H2,1H3. The number of piperidine rings is 1. The van der Waals surface area contributed by atoms with Crippen LogP contribution in [0, 0.1) is 5.92 Å². The summed E-state index contributed by atoms with van der Waals surface area (Å²) in [5, 5.41) is 1.16. The highest BCUT2D eigenvalue weighted by molar-refractivity contribution is 7.85. The molecular formula is C16H20N2O3S. The van der Waals surface area contributed by atoms with Gasteiger partial charge in [-0.25, -0.2) is 0 Å². The van der Waals surface area contributed by atoms with Crippen LogP contribution in [0.15, 0.2) is 36.5 Å². The van der Waals surface area contributed by atoms with Crippen LogP contribution in [0.4, 0.5) is 5.69 Å². The van der Waals surface area contributed by atoms with E-state index in [0.717, 1.165) is 43.1 Å². The Balaban J connectivity index is 1.68. The third-order valence-corrected chi connectivity index (χ3v) is 4.66. The molecule has 1 aromatic carbocycles. The minimum atomic E-state index is -3.34.